The predicted octanol–water partition coefficient (Wildman–Crippen LogP) is 4.16. The molecule has 0 saturated heterocycles. The van der Waals surface area contributed by atoms with Gasteiger partial charge in [0.2, 0.25) is 0 Å². The number of amides is 1. The fourth-order valence-corrected chi connectivity index (χ4v) is 4.43. The van der Waals surface area contributed by atoms with Crippen molar-refractivity contribution in [3.8, 4) is 0 Å². The molecule has 5 heteroatoms. The number of nitrogen functional groups attached to an aromatic ring is 1. The van der Waals surface area contributed by atoms with Crippen LogP contribution in [0.15, 0.2) is 22.7 Å². The van der Waals surface area contributed by atoms with Crippen LogP contribution in [-0.4, -0.2) is 11.9 Å². The van der Waals surface area contributed by atoms with Gasteiger partial charge in [0.25, 0.3) is 5.91 Å². The van der Waals surface area contributed by atoms with E-state index in [9.17, 15) is 4.79 Å². The van der Waals surface area contributed by atoms with Gasteiger partial charge in [0.1, 0.15) is 4.88 Å². The van der Waals surface area contributed by atoms with Crippen molar-refractivity contribution in [2.45, 2.75) is 32.2 Å². The summed E-state index contributed by atoms with van der Waals surface area (Å²) in [4.78, 5) is 13.0. The lowest BCUT2D eigenvalue weighted by Crippen LogP contribution is -2.32. The summed E-state index contributed by atoms with van der Waals surface area (Å²) in [6.45, 7) is 2.23. The van der Waals surface area contributed by atoms with Gasteiger partial charge in [-0.3, -0.25) is 4.79 Å². The normalized spacial score (nSPS) is 22.3. The van der Waals surface area contributed by atoms with E-state index in [2.05, 4.69) is 28.2 Å². The van der Waals surface area contributed by atoms with Gasteiger partial charge in [0.05, 0.1) is 5.69 Å². The Morgan fingerprint density at radius 2 is 2.25 bits per heavy atom. The maximum Gasteiger partial charge on any atom is 0.263 e. The highest BCUT2D eigenvalue weighted by atomic mass is 79.9. The number of benzene rings is 1. The lowest BCUT2D eigenvalue weighted by molar-refractivity contribution is 0.0942. The highest BCUT2D eigenvalue weighted by Gasteiger charge is 2.25. The molecule has 1 heterocycles. The second kappa shape index (κ2) is 5.37. The van der Waals surface area contributed by atoms with Crippen LogP contribution in [0.3, 0.4) is 0 Å². The Morgan fingerprint density at radius 1 is 1.45 bits per heavy atom. The third-order valence-corrected chi connectivity index (χ3v) is 5.59. The molecule has 1 amide bonds. The van der Waals surface area contributed by atoms with Crippen molar-refractivity contribution in [2.24, 2.45) is 5.92 Å². The lowest BCUT2D eigenvalue weighted by atomic mass is 10.1. The number of thiophene rings is 1. The third-order valence-electron chi connectivity index (χ3n) is 3.93. The summed E-state index contributed by atoms with van der Waals surface area (Å²) < 4.78 is 2.05. The van der Waals surface area contributed by atoms with E-state index in [1.54, 1.807) is 0 Å². The smallest absolute Gasteiger partial charge is 0.263 e. The molecule has 106 valence electrons. The second-order valence-electron chi connectivity index (χ2n) is 5.57. The molecular weight excluding hydrogens is 336 g/mol. The Balaban J connectivity index is 1.86. The van der Waals surface area contributed by atoms with E-state index in [4.69, 9.17) is 5.73 Å². The van der Waals surface area contributed by atoms with Crippen LogP contribution in [0.4, 0.5) is 5.69 Å². The summed E-state index contributed by atoms with van der Waals surface area (Å²) in [5, 5.41) is 4.08. The molecule has 1 aliphatic carbocycles. The Morgan fingerprint density at radius 3 is 2.95 bits per heavy atom. The van der Waals surface area contributed by atoms with Crippen LogP contribution >= 0.6 is 27.3 Å². The molecule has 1 aromatic heterocycles. The second-order valence-corrected chi connectivity index (χ2v) is 7.54. The molecule has 1 aliphatic rings. The quantitative estimate of drug-likeness (QED) is 0.852. The van der Waals surface area contributed by atoms with E-state index >= 15 is 0 Å². The molecular formula is C15H17BrN2OS. The van der Waals surface area contributed by atoms with E-state index in [1.807, 2.05) is 18.2 Å². The van der Waals surface area contributed by atoms with Gasteiger partial charge in [-0.25, -0.2) is 0 Å². The van der Waals surface area contributed by atoms with Crippen molar-refractivity contribution in [3.63, 3.8) is 0 Å². The van der Waals surface area contributed by atoms with Gasteiger partial charge < -0.3 is 11.1 Å². The predicted molar refractivity (Wildman–Crippen MR) is 88.2 cm³/mol. The molecule has 0 spiro atoms. The average Bonchev–Trinajstić information content (AvgIpc) is 2.94. The van der Waals surface area contributed by atoms with Crippen LogP contribution in [0.5, 0.6) is 0 Å². The number of rotatable bonds is 2. The summed E-state index contributed by atoms with van der Waals surface area (Å²) in [7, 11) is 0. The third kappa shape index (κ3) is 2.56. The van der Waals surface area contributed by atoms with Gasteiger partial charge in [-0.2, -0.15) is 0 Å². The first kappa shape index (κ1) is 13.9. The van der Waals surface area contributed by atoms with Crippen LogP contribution in [0.2, 0.25) is 0 Å². The zero-order chi connectivity index (χ0) is 14.3. The molecule has 1 aromatic carbocycles. The average molecular weight is 353 g/mol. The highest BCUT2D eigenvalue weighted by molar-refractivity contribution is 9.10. The van der Waals surface area contributed by atoms with Gasteiger partial charge in [-0.15, -0.1) is 11.3 Å². The van der Waals surface area contributed by atoms with Crippen LogP contribution in [-0.2, 0) is 0 Å². The SMILES string of the molecule is CC1CCC(NC(=O)c2sc3cc(Br)ccc3c2N)C1. The highest BCUT2D eigenvalue weighted by Crippen LogP contribution is 2.35. The van der Waals surface area contributed by atoms with E-state index in [1.165, 1.54) is 17.8 Å². The van der Waals surface area contributed by atoms with Crippen molar-refractivity contribution >= 4 is 48.9 Å². The fourth-order valence-electron chi connectivity index (χ4n) is 2.85. The zero-order valence-electron chi connectivity index (χ0n) is 11.3. The summed E-state index contributed by atoms with van der Waals surface area (Å²) in [6, 6.07) is 6.21. The van der Waals surface area contributed by atoms with E-state index < -0.39 is 0 Å². The number of hydrogen-bond acceptors (Lipinski definition) is 3. The van der Waals surface area contributed by atoms with E-state index in [0.717, 1.165) is 27.4 Å². The van der Waals surface area contributed by atoms with Gasteiger partial charge >= 0.3 is 0 Å². The Bertz CT molecular complexity index is 667. The molecule has 3 nitrogen and oxygen atoms in total. The van der Waals surface area contributed by atoms with Crippen molar-refractivity contribution in [2.75, 3.05) is 5.73 Å². The molecule has 0 bridgehead atoms. The van der Waals surface area contributed by atoms with Gasteiger partial charge in [0, 0.05) is 20.6 Å². The zero-order valence-corrected chi connectivity index (χ0v) is 13.7. The molecule has 1 fully saturated rings. The molecule has 20 heavy (non-hydrogen) atoms. The van der Waals surface area contributed by atoms with Crippen LogP contribution in [0.1, 0.15) is 35.9 Å². The maximum atomic E-state index is 12.4. The fraction of sp³-hybridized carbons (Fsp3) is 0.400. The maximum absolute atomic E-state index is 12.4. The van der Waals surface area contributed by atoms with Gasteiger partial charge in [-0.1, -0.05) is 28.9 Å². The summed E-state index contributed by atoms with van der Waals surface area (Å²) in [5.74, 6) is 0.676. The summed E-state index contributed by atoms with van der Waals surface area (Å²) >= 11 is 4.91. The van der Waals surface area contributed by atoms with Crippen LogP contribution in [0.25, 0.3) is 10.1 Å². The minimum Gasteiger partial charge on any atom is -0.397 e. The molecule has 1 saturated carbocycles. The minimum absolute atomic E-state index is 0.0288. The largest absolute Gasteiger partial charge is 0.397 e. The van der Waals surface area contributed by atoms with Crippen molar-refractivity contribution < 1.29 is 4.79 Å². The topological polar surface area (TPSA) is 55.1 Å². The first-order chi connectivity index (χ1) is 9.54. The number of nitrogens with two attached hydrogens (primary N) is 1. The summed E-state index contributed by atoms with van der Waals surface area (Å²) in [6.07, 6.45) is 3.34. The van der Waals surface area contributed by atoms with Crippen LogP contribution < -0.4 is 11.1 Å². The standard InChI is InChI=1S/C15H17BrN2OS/c1-8-2-4-10(6-8)18-15(19)14-13(17)11-5-3-9(16)7-12(11)20-14/h3,5,7-8,10H,2,4,6,17H2,1H3,(H,18,19). The molecule has 3 N–H and O–H groups in total. The first-order valence-electron chi connectivity index (χ1n) is 6.83. The van der Waals surface area contributed by atoms with Crippen molar-refractivity contribution in [3.05, 3.63) is 27.5 Å². The van der Waals surface area contributed by atoms with Gasteiger partial charge in [0.15, 0.2) is 0 Å². The summed E-state index contributed by atoms with van der Waals surface area (Å²) in [5.41, 5.74) is 6.72. The van der Waals surface area contributed by atoms with Crippen molar-refractivity contribution in [1.82, 2.24) is 5.32 Å². The van der Waals surface area contributed by atoms with E-state index in [-0.39, 0.29) is 5.91 Å². The Labute approximate surface area is 130 Å². The number of fused-ring (bicyclic) bond motifs is 1. The molecule has 2 aromatic rings. The number of hydrogen-bond donors (Lipinski definition) is 2. The number of anilines is 1. The molecule has 2 atom stereocenters. The molecule has 0 radical (unpaired) electrons. The lowest BCUT2D eigenvalue weighted by Gasteiger charge is -2.11. The number of carbonyl (C=O) groups is 1. The number of halogens is 1. The molecule has 3 rings (SSSR count). The molecule has 0 aliphatic heterocycles. The Hall–Kier alpha value is -1.07. The Kier molecular flexibility index (Phi) is 3.73. The minimum atomic E-state index is -0.0288. The van der Waals surface area contributed by atoms with Crippen molar-refractivity contribution in [1.29, 1.82) is 0 Å². The molecule has 2 unspecified atom stereocenters. The van der Waals surface area contributed by atoms with E-state index in [0.29, 0.717) is 22.5 Å². The first-order valence-corrected chi connectivity index (χ1v) is 8.44. The number of carbonyl (C=O) groups excluding carboxylic acids is 1. The number of nitrogens with one attached hydrogen (secondary N) is 1. The van der Waals surface area contributed by atoms with Gasteiger partial charge in [-0.05, 0) is 37.3 Å². The van der Waals surface area contributed by atoms with Crippen LogP contribution in [0, 0.1) is 5.92 Å². The monoisotopic (exact) mass is 352 g/mol.